The minimum atomic E-state index is -0.944. The summed E-state index contributed by atoms with van der Waals surface area (Å²) in [5.74, 6) is -0.430. The number of halogens is 1. The lowest BCUT2D eigenvalue weighted by Crippen LogP contribution is -2.40. The molecule has 1 N–H and O–H groups in total. The van der Waals surface area contributed by atoms with Crippen LogP contribution in [0, 0.1) is 5.92 Å². The minimum Gasteiger partial charge on any atom is -0.480 e. The molecule has 96 valence electrons. The first-order valence-corrected chi connectivity index (χ1v) is 6.00. The summed E-state index contributed by atoms with van der Waals surface area (Å²) in [6.07, 6.45) is 0. The van der Waals surface area contributed by atoms with Gasteiger partial charge in [-0.2, -0.15) is 0 Å². The number of alkyl halides is 1. The summed E-state index contributed by atoms with van der Waals surface area (Å²) < 4.78 is 0. The molecule has 1 unspecified atom stereocenters. The number of carboxylic acids is 1. The molecule has 0 aromatic heterocycles. The number of nitrogens with zero attached hydrogens (tertiary/aromatic N) is 2. The van der Waals surface area contributed by atoms with E-state index in [0.717, 1.165) is 19.6 Å². The summed E-state index contributed by atoms with van der Waals surface area (Å²) in [7, 11) is 4.01. The topological polar surface area (TPSA) is 43.8 Å². The lowest BCUT2D eigenvalue weighted by molar-refractivity contribution is -0.137. The molecule has 4 nitrogen and oxygen atoms in total. The zero-order valence-electron chi connectivity index (χ0n) is 10.6. The maximum Gasteiger partial charge on any atom is 0.322 e. The van der Waals surface area contributed by atoms with E-state index in [0.29, 0.717) is 12.5 Å². The van der Waals surface area contributed by atoms with Crippen LogP contribution in [0.5, 0.6) is 0 Å². The molecule has 0 saturated carbocycles. The van der Waals surface area contributed by atoms with Gasteiger partial charge in [-0.15, -0.1) is 11.6 Å². The average Bonchev–Trinajstić information content (AvgIpc) is 2.12. The number of hydrogen-bond donors (Lipinski definition) is 1. The van der Waals surface area contributed by atoms with Crippen LogP contribution in [0.2, 0.25) is 0 Å². The summed E-state index contributed by atoms with van der Waals surface area (Å²) in [5.41, 5.74) is 0. The molecule has 0 bridgehead atoms. The molecule has 0 aromatic rings. The maximum atomic E-state index is 10.7. The summed E-state index contributed by atoms with van der Waals surface area (Å²) in [6, 6.07) is 0. The fourth-order valence-electron chi connectivity index (χ4n) is 1.42. The van der Waals surface area contributed by atoms with Crippen molar-refractivity contribution in [2.75, 3.05) is 40.3 Å². The molecule has 0 aliphatic carbocycles. The Kier molecular flexibility index (Phi) is 7.72. The highest BCUT2D eigenvalue weighted by molar-refractivity contribution is 6.29. The van der Waals surface area contributed by atoms with Gasteiger partial charge in [-0.25, -0.2) is 0 Å². The first-order valence-electron chi connectivity index (χ1n) is 5.57. The fourth-order valence-corrected chi connectivity index (χ4v) is 1.61. The number of carboxylic acid groups (broad SMARTS) is 1. The highest BCUT2D eigenvalue weighted by Gasteiger charge is 2.18. The summed E-state index contributed by atoms with van der Waals surface area (Å²) in [4.78, 5) is 14.9. The number of likely N-dealkylation sites (N-methyl/N-ethyl adjacent to an activating group) is 1. The predicted molar refractivity (Wildman–Crippen MR) is 67.1 cm³/mol. The normalized spacial score (nSPS) is 13.8. The molecule has 5 heteroatoms. The minimum absolute atomic E-state index is 0.406. The van der Waals surface area contributed by atoms with Crippen molar-refractivity contribution in [3.05, 3.63) is 0 Å². The van der Waals surface area contributed by atoms with Gasteiger partial charge in [-0.1, -0.05) is 13.8 Å². The van der Waals surface area contributed by atoms with Crippen LogP contribution in [0.4, 0.5) is 0 Å². The quantitative estimate of drug-likeness (QED) is 0.658. The highest BCUT2D eigenvalue weighted by Crippen LogP contribution is 2.04. The van der Waals surface area contributed by atoms with Crippen LogP contribution in [-0.2, 0) is 4.79 Å². The summed E-state index contributed by atoms with van der Waals surface area (Å²) in [6.45, 7) is 7.28. The van der Waals surface area contributed by atoms with Crippen molar-refractivity contribution in [1.29, 1.82) is 0 Å². The van der Waals surface area contributed by atoms with E-state index in [2.05, 4.69) is 23.6 Å². The predicted octanol–water partition coefficient (Wildman–Crippen LogP) is 1.20. The van der Waals surface area contributed by atoms with Crippen LogP contribution in [0.1, 0.15) is 13.8 Å². The van der Waals surface area contributed by atoms with Gasteiger partial charge in [-0.05, 0) is 20.0 Å². The van der Waals surface area contributed by atoms with Crippen LogP contribution >= 0.6 is 11.6 Å². The van der Waals surface area contributed by atoms with Crippen LogP contribution in [0.3, 0.4) is 0 Å². The second-order valence-electron chi connectivity index (χ2n) is 4.76. The number of rotatable bonds is 8. The third-order valence-corrected chi connectivity index (χ3v) is 2.50. The van der Waals surface area contributed by atoms with Crippen LogP contribution < -0.4 is 0 Å². The monoisotopic (exact) mass is 250 g/mol. The van der Waals surface area contributed by atoms with E-state index in [1.165, 1.54) is 0 Å². The van der Waals surface area contributed by atoms with Crippen molar-refractivity contribution in [2.24, 2.45) is 5.92 Å². The Balaban J connectivity index is 4.14. The third-order valence-electron chi connectivity index (χ3n) is 2.17. The molecule has 0 amide bonds. The SMILES string of the molecule is CC(C)CN(CCN(C)C)CC(Cl)C(=O)O. The van der Waals surface area contributed by atoms with E-state index in [1.54, 1.807) is 0 Å². The molecule has 0 rings (SSSR count). The molecule has 1 atom stereocenters. The van der Waals surface area contributed by atoms with Gasteiger partial charge < -0.3 is 10.0 Å². The molecule has 0 aliphatic rings. The van der Waals surface area contributed by atoms with Gasteiger partial charge in [-0.3, -0.25) is 9.69 Å². The highest BCUT2D eigenvalue weighted by atomic mass is 35.5. The molecule has 0 aromatic carbocycles. The smallest absolute Gasteiger partial charge is 0.322 e. The van der Waals surface area contributed by atoms with E-state index in [9.17, 15) is 4.79 Å². The Bertz CT molecular complexity index is 210. The Morgan fingerprint density at radius 3 is 2.19 bits per heavy atom. The van der Waals surface area contributed by atoms with E-state index >= 15 is 0 Å². The van der Waals surface area contributed by atoms with Crippen molar-refractivity contribution < 1.29 is 9.90 Å². The fraction of sp³-hybridized carbons (Fsp3) is 0.909. The van der Waals surface area contributed by atoms with Crippen LogP contribution in [-0.4, -0.2) is 66.5 Å². The molecule has 0 radical (unpaired) electrons. The van der Waals surface area contributed by atoms with Crippen molar-refractivity contribution in [3.63, 3.8) is 0 Å². The van der Waals surface area contributed by atoms with E-state index in [1.807, 2.05) is 14.1 Å². The molecule has 0 saturated heterocycles. The first-order chi connectivity index (χ1) is 7.32. The van der Waals surface area contributed by atoms with Gasteiger partial charge in [0.1, 0.15) is 5.38 Å². The van der Waals surface area contributed by atoms with Gasteiger partial charge >= 0.3 is 5.97 Å². The number of carbonyl (C=O) groups is 1. The van der Waals surface area contributed by atoms with Crippen molar-refractivity contribution in [3.8, 4) is 0 Å². The van der Waals surface area contributed by atoms with Gasteiger partial charge in [0.2, 0.25) is 0 Å². The molecule has 0 spiro atoms. The standard InChI is InChI=1S/C11H23ClN2O2/c1-9(2)7-14(6-5-13(3)4)8-10(12)11(15)16/h9-10H,5-8H2,1-4H3,(H,15,16). The second kappa shape index (κ2) is 7.87. The lowest BCUT2D eigenvalue weighted by atomic mass is 10.2. The van der Waals surface area contributed by atoms with Gasteiger partial charge in [0.15, 0.2) is 0 Å². The third kappa shape index (κ3) is 7.91. The zero-order chi connectivity index (χ0) is 12.7. The van der Waals surface area contributed by atoms with Gasteiger partial charge in [0.25, 0.3) is 0 Å². The van der Waals surface area contributed by atoms with Crippen molar-refractivity contribution in [1.82, 2.24) is 9.80 Å². The Morgan fingerprint density at radius 1 is 1.25 bits per heavy atom. The molecule has 16 heavy (non-hydrogen) atoms. The summed E-state index contributed by atoms with van der Waals surface area (Å²) in [5, 5.41) is 7.95. The van der Waals surface area contributed by atoms with E-state index in [4.69, 9.17) is 16.7 Å². The zero-order valence-corrected chi connectivity index (χ0v) is 11.4. The Labute approximate surface area is 103 Å². The van der Waals surface area contributed by atoms with E-state index in [-0.39, 0.29) is 0 Å². The Morgan fingerprint density at radius 2 is 1.81 bits per heavy atom. The molecule has 0 aliphatic heterocycles. The van der Waals surface area contributed by atoms with Crippen LogP contribution in [0.25, 0.3) is 0 Å². The van der Waals surface area contributed by atoms with Gasteiger partial charge in [0, 0.05) is 26.2 Å². The first kappa shape index (κ1) is 15.7. The average molecular weight is 251 g/mol. The van der Waals surface area contributed by atoms with E-state index < -0.39 is 11.3 Å². The second-order valence-corrected chi connectivity index (χ2v) is 5.29. The van der Waals surface area contributed by atoms with Crippen LogP contribution in [0.15, 0.2) is 0 Å². The largest absolute Gasteiger partial charge is 0.480 e. The van der Waals surface area contributed by atoms with Crippen molar-refractivity contribution >= 4 is 17.6 Å². The molecular weight excluding hydrogens is 228 g/mol. The number of aliphatic carboxylic acids is 1. The summed E-state index contributed by atoms with van der Waals surface area (Å²) >= 11 is 5.75. The van der Waals surface area contributed by atoms with Gasteiger partial charge in [0.05, 0.1) is 0 Å². The van der Waals surface area contributed by atoms with Crippen molar-refractivity contribution in [2.45, 2.75) is 19.2 Å². The Hall–Kier alpha value is -0.320. The molecule has 0 fully saturated rings. The molecule has 0 heterocycles. The maximum absolute atomic E-state index is 10.7. The number of hydrogen-bond acceptors (Lipinski definition) is 3. The molecular formula is C11H23ClN2O2. The lowest BCUT2D eigenvalue weighted by Gasteiger charge is -2.26.